The van der Waals surface area contributed by atoms with Gasteiger partial charge in [0.1, 0.15) is 0 Å². The fourth-order valence-electron chi connectivity index (χ4n) is 3.73. The van der Waals surface area contributed by atoms with Crippen molar-refractivity contribution < 1.29 is 8.42 Å². The number of nitrogens with zero attached hydrogens (tertiary/aromatic N) is 4. The lowest BCUT2D eigenvalue weighted by atomic mass is 9.98. The zero-order valence-electron chi connectivity index (χ0n) is 16.0. The van der Waals surface area contributed by atoms with Crippen molar-refractivity contribution in [2.45, 2.75) is 17.4 Å². The molecule has 0 saturated carbocycles. The van der Waals surface area contributed by atoms with Crippen LogP contribution in [0.2, 0.25) is 0 Å². The van der Waals surface area contributed by atoms with Crippen molar-refractivity contribution in [3.05, 3.63) is 102 Å². The third-order valence-electron chi connectivity index (χ3n) is 5.16. The predicted octanol–water partition coefficient (Wildman–Crippen LogP) is 4.17. The lowest BCUT2D eigenvalue weighted by Gasteiger charge is -2.24. The second-order valence-corrected chi connectivity index (χ2v) is 8.79. The van der Waals surface area contributed by atoms with Crippen LogP contribution in [0.5, 0.6) is 0 Å². The smallest absolute Gasteiger partial charge is 0.253 e. The standard InChI is InChI=1S/C23H18N4O2S/c28-30(29,18-10-5-2-6-11-18)27-22(16-21(26-27)17-8-3-1-4-9-17)19-12-7-13-20-23(19)25-15-14-24-20/h1-15,22H,16H2. The summed E-state index contributed by atoms with van der Waals surface area (Å²) in [6, 6.07) is 23.2. The number of sulfonamides is 1. The maximum absolute atomic E-state index is 13.5. The van der Waals surface area contributed by atoms with Gasteiger partial charge < -0.3 is 0 Å². The average molecular weight is 414 g/mol. The molecule has 0 spiro atoms. The molecule has 0 radical (unpaired) electrons. The summed E-state index contributed by atoms with van der Waals surface area (Å²) in [6.45, 7) is 0. The summed E-state index contributed by atoms with van der Waals surface area (Å²) in [5, 5.41) is 4.58. The molecular formula is C23H18N4O2S. The van der Waals surface area contributed by atoms with Gasteiger partial charge in [0.2, 0.25) is 0 Å². The minimum Gasteiger partial charge on any atom is -0.253 e. The Morgan fingerprint density at radius 2 is 1.50 bits per heavy atom. The van der Waals surface area contributed by atoms with Crippen molar-refractivity contribution in [2.75, 3.05) is 0 Å². The van der Waals surface area contributed by atoms with Crippen LogP contribution in [0, 0.1) is 0 Å². The number of aromatic nitrogens is 2. The van der Waals surface area contributed by atoms with Crippen LogP contribution in [0.15, 0.2) is 101 Å². The Bertz CT molecular complexity index is 1330. The maximum Gasteiger partial charge on any atom is 0.279 e. The first kappa shape index (κ1) is 18.4. The van der Waals surface area contributed by atoms with Crippen LogP contribution in [0.1, 0.15) is 23.6 Å². The molecule has 1 aliphatic heterocycles. The molecule has 4 aromatic rings. The van der Waals surface area contributed by atoms with Crippen molar-refractivity contribution in [1.29, 1.82) is 0 Å². The highest BCUT2D eigenvalue weighted by Gasteiger charge is 2.38. The number of benzene rings is 3. The fraction of sp³-hybridized carbons (Fsp3) is 0.0870. The molecule has 6 nitrogen and oxygen atoms in total. The van der Waals surface area contributed by atoms with Gasteiger partial charge in [0.05, 0.1) is 27.7 Å². The molecule has 148 valence electrons. The van der Waals surface area contributed by atoms with Gasteiger partial charge in [-0.2, -0.15) is 17.9 Å². The topological polar surface area (TPSA) is 75.5 Å². The summed E-state index contributed by atoms with van der Waals surface area (Å²) in [7, 11) is -3.85. The Kier molecular flexibility index (Phi) is 4.52. The van der Waals surface area contributed by atoms with Crippen molar-refractivity contribution >= 4 is 26.8 Å². The van der Waals surface area contributed by atoms with E-state index in [1.165, 1.54) is 4.41 Å². The second-order valence-electron chi connectivity index (χ2n) is 6.99. The van der Waals surface area contributed by atoms with Crippen LogP contribution in [-0.4, -0.2) is 28.5 Å². The molecule has 0 bridgehead atoms. The molecule has 1 atom stereocenters. The molecule has 1 aliphatic rings. The third kappa shape index (κ3) is 3.13. The lowest BCUT2D eigenvalue weighted by Crippen LogP contribution is -2.27. The Labute approximate surface area is 174 Å². The fourth-order valence-corrected chi connectivity index (χ4v) is 5.18. The molecule has 0 N–H and O–H groups in total. The Morgan fingerprint density at radius 3 is 2.27 bits per heavy atom. The molecule has 7 heteroatoms. The van der Waals surface area contributed by atoms with Crippen molar-refractivity contribution in [3.63, 3.8) is 0 Å². The van der Waals surface area contributed by atoms with Crippen molar-refractivity contribution in [1.82, 2.24) is 14.4 Å². The van der Waals surface area contributed by atoms with Crippen LogP contribution in [-0.2, 0) is 10.0 Å². The van der Waals surface area contributed by atoms with E-state index in [1.807, 2.05) is 48.5 Å². The minimum atomic E-state index is -3.85. The van der Waals surface area contributed by atoms with Gasteiger partial charge in [-0.25, -0.2) is 0 Å². The lowest BCUT2D eigenvalue weighted by molar-refractivity contribution is 0.373. The highest BCUT2D eigenvalue weighted by Crippen LogP contribution is 2.39. The minimum absolute atomic E-state index is 0.208. The quantitative estimate of drug-likeness (QED) is 0.502. The summed E-state index contributed by atoms with van der Waals surface area (Å²) >= 11 is 0. The largest absolute Gasteiger partial charge is 0.279 e. The summed E-state index contributed by atoms with van der Waals surface area (Å²) < 4.78 is 28.3. The molecule has 1 aromatic heterocycles. The van der Waals surface area contributed by atoms with E-state index in [1.54, 1.807) is 42.7 Å². The summed E-state index contributed by atoms with van der Waals surface area (Å²) in [5.41, 5.74) is 3.82. The monoisotopic (exact) mass is 414 g/mol. The zero-order chi connectivity index (χ0) is 20.6. The maximum atomic E-state index is 13.5. The molecule has 0 amide bonds. The number of hydrogen-bond acceptors (Lipinski definition) is 5. The Morgan fingerprint density at radius 1 is 0.800 bits per heavy atom. The van der Waals surface area contributed by atoms with Gasteiger partial charge in [0.15, 0.2) is 0 Å². The van der Waals surface area contributed by atoms with Crippen molar-refractivity contribution in [2.24, 2.45) is 5.10 Å². The van der Waals surface area contributed by atoms with Crippen LogP contribution >= 0.6 is 0 Å². The molecule has 0 saturated heterocycles. The van der Waals surface area contributed by atoms with Gasteiger partial charge in [0, 0.05) is 24.4 Å². The Balaban J connectivity index is 1.68. The van der Waals surface area contributed by atoms with E-state index < -0.39 is 16.1 Å². The highest BCUT2D eigenvalue weighted by molar-refractivity contribution is 7.89. The van der Waals surface area contributed by atoms with E-state index >= 15 is 0 Å². The zero-order valence-corrected chi connectivity index (χ0v) is 16.8. The molecule has 2 heterocycles. The van der Waals surface area contributed by atoms with Crippen LogP contribution in [0.4, 0.5) is 0 Å². The molecule has 0 fully saturated rings. The third-order valence-corrected chi connectivity index (χ3v) is 6.85. The van der Waals surface area contributed by atoms with Crippen LogP contribution < -0.4 is 0 Å². The molecule has 3 aromatic carbocycles. The van der Waals surface area contributed by atoms with Gasteiger partial charge in [-0.1, -0.05) is 60.7 Å². The highest BCUT2D eigenvalue weighted by atomic mass is 32.2. The predicted molar refractivity (Wildman–Crippen MR) is 115 cm³/mol. The number of hydrogen-bond donors (Lipinski definition) is 0. The van der Waals surface area contributed by atoms with E-state index in [4.69, 9.17) is 0 Å². The number of rotatable bonds is 4. The van der Waals surface area contributed by atoms with Gasteiger partial charge >= 0.3 is 0 Å². The van der Waals surface area contributed by atoms with Gasteiger partial charge in [-0.15, -0.1) is 0 Å². The SMILES string of the molecule is O=S(=O)(c1ccccc1)N1N=C(c2ccccc2)CC1c1cccc2nccnc12. The van der Waals surface area contributed by atoms with E-state index in [9.17, 15) is 8.42 Å². The number of hydrazone groups is 1. The van der Waals surface area contributed by atoms with Crippen LogP contribution in [0.25, 0.3) is 11.0 Å². The van der Waals surface area contributed by atoms with Gasteiger partial charge in [-0.05, 0) is 23.8 Å². The second kappa shape index (κ2) is 7.35. The Hall–Kier alpha value is -3.58. The molecule has 0 aliphatic carbocycles. The van der Waals surface area contributed by atoms with Gasteiger partial charge in [0.25, 0.3) is 10.0 Å². The van der Waals surface area contributed by atoms with E-state index in [0.717, 1.165) is 22.4 Å². The summed E-state index contributed by atoms with van der Waals surface area (Å²) in [4.78, 5) is 9.05. The number of fused-ring (bicyclic) bond motifs is 1. The molecule has 1 unspecified atom stereocenters. The van der Waals surface area contributed by atoms with E-state index in [-0.39, 0.29) is 4.90 Å². The first-order valence-electron chi connectivity index (χ1n) is 9.56. The molecule has 30 heavy (non-hydrogen) atoms. The van der Waals surface area contributed by atoms with E-state index in [2.05, 4.69) is 15.1 Å². The average Bonchev–Trinajstić information content (AvgIpc) is 3.26. The van der Waals surface area contributed by atoms with Crippen LogP contribution in [0.3, 0.4) is 0 Å². The first-order chi connectivity index (χ1) is 14.6. The van der Waals surface area contributed by atoms with Crippen molar-refractivity contribution in [3.8, 4) is 0 Å². The number of para-hydroxylation sites is 1. The molecular weight excluding hydrogens is 396 g/mol. The van der Waals surface area contributed by atoms with Gasteiger partial charge in [-0.3, -0.25) is 9.97 Å². The first-order valence-corrected chi connectivity index (χ1v) is 11.0. The van der Waals surface area contributed by atoms with E-state index in [0.29, 0.717) is 11.9 Å². The normalized spacial score (nSPS) is 16.6. The summed E-state index contributed by atoms with van der Waals surface area (Å²) in [6.07, 6.45) is 3.70. The summed E-state index contributed by atoms with van der Waals surface area (Å²) in [5.74, 6) is 0. The molecule has 5 rings (SSSR count).